The second-order valence-electron chi connectivity index (χ2n) is 19.0. The summed E-state index contributed by atoms with van der Waals surface area (Å²) in [5.74, 6) is -0.826. The first-order valence-corrected chi connectivity index (χ1v) is 25.4. The van der Waals surface area contributed by atoms with Crippen molar-refractivity contribution in [3.05, 3.63) is 144 Å². The average Bonchev–Trinajstić information content (AvgIpc) is 4.25. The zero-order chi connectivity index (χ0) is 53.0. The lowest BCUT2D eigenvalue weighted by Crippen LogP contribution is -2.26. The molecule has 0 spiro atoms. The summed E-state index contributed by atoms with van der Waals surface area (Å²) >= 11 is 0. The number of anilines is 2. The van der Waals surface area contributed by atoms with Gasteiger partial charge < -0.3 is 29.1 Å². The summed E-state index contributed by atoms with van der Waals surface area (Å²) in [5, 5.41) is 23.9. The molecule has 1 aliphatic heterocycles. The van der Waals surface area contributed by atoms with Gasteiger partial charge in [-0.15, -0.1) is 15.3 Å². The van der Waals surface area contributed by atoms with Gasteiger partial charge in [0.1, 0.15) is 28.5 Å². The smallest absolute Gasteiger partial charge is 0.333 e. The molecule has 1 saturated heterocycles. The molecule has 388 valence electrons. The predicted molar refractivity (Wildman–Crippen MR) is 284 cm³/mol. The topological polar surface area (TPSA) is 218 Å². The summed E-state index contributed by atoms with van der Waals surface area (Å²) < 4.78 is 7.42. The molecule has 0 saturated carbocycles. The summed E-state index contributed by atoms with van der Waals surface area (Å²) in [7, 11) is 0. The molecule has 0 aliphatic carbocycles. The highest BCUT2D eigenvalue weighted by molar-refractivity contribution is 6.09. The molecule has 3 amide bonds. The highest BCUT2D eigenvalue weighted by Gasteiger charge is 2.28. The number of amides is 3. The number of hydrogen-bond donors (Lipinski definition) is 2. The summed E-state index contributed by atoms with van der Waals surface area (Å²) in [5.41, 5.74) is 11.3. The number of Topliss-reactive ketones (excluding diaryl/α,β-unsaturated/α-hetero) is 1. The van der Waals surface area contributed by atoms with Crippen LogP contribution in [0.3, 0.4) is 0 Å². The van der Waals surface area contributed by atoms with Gasteiger partial charge in [-0.1, -0.05) is 67.0 Å². The van der Waals surface area contributed by atoms with Crippen molar-refractivity contribution in [2.45, 2.75) is 125 Å². The van der Waals surface area contributed by atoms with Crippen molar-refractivity contribution in [3.63, 3.8) is 0 Å². The van der Waals surface area contributed by atoms with E-state index in [9.17, 15) is 24.0 Å². The number of nitrogens with one attached hydrogen (secondary N) is 2. The zero-order valence-electron chi connectivity index (χ0n) is 43.2. The Hall–Kier alpha value is -8.61. The predicted octanol–water partition coefficient (Wildman–Crippen LogP) is 10.0. The first kappa shape index (κ1) is 52.7. The zero-order valence-corrected chi connectivity index (χ0v) is 43.2. The molecule has 7 heterocycles. The lowest BCUT2D eigenvalue weighted by atomic mass is 10.1. The monoisotopic (exact) mass is 1010 g/mol. The fraction of sp³-hybridized carbons (Fsp3) is 0.339. The van der Waals surface area contributed by atoms with Crippen molar-refractivity contribution in [1.82, 2.24) is 53.8 Å². The lowest BCUT2D eigenvalue weighted by Gasteiger charge is -2.15. The van der Waals surface area contributed by atoms with Gasteiger partial charge in [0.25, 0.3) is 17.7 Å². The third-order valence-corrected chi connectivity index (χ3v) is 12.8. The van der Waals surface area contributed by atoms with Crippen LogP contribution in [-0.4, -0.2) is 83.3 Å². The molecule has 0 unspecified atom stereocenters. The minimum atomic E-state index is -0.454. The molecule has 19 heteroatoms. The van der Waals surface area contributed by atoms with Gasteiger partial charge in [-0.3, -0.25) is 23.7 Å². The first-order chi connectivity index (χ1) is 36.2. The van der Waals surface area contributed by atoms with Crippen LogP contribution in [-0.2, 0) is 32.3 Å². The number of aryl methyl sites for hydroxylation is 6. The minimum Gasteiger partial charge on any atom is -0.334 e. The maximum absolute atomic E-state index is 12.9. The summed E-state index contributed by atoms with van der Waals surface area (Å²) in [4.78, 5) is 74.6. The molecule has 19 nitrogen and oxygen atoms in total. The van der Waals surface area contributed by atoms with Gasteiger partial charge in [0.2, 0.25) is 0 Å². The summed E-state index contributed by atoms with van der Waals surface area (Å²) in [6, 6.07) is 22.5. The molecule has 1 fully saturated rings. The Labute approximate surface area is 435 Å². The molecule has 0 bridgehead atoms. The molecule has 6 aromatic heterocycles. The molecule has 8 aromatic rings. The van der Waals surface area contributed by atoms with Crippen molar-refractivity contribution >= 4 is 52.1 Å². The molecule has 1 aliphatic rings. The van der Waals surface area contributed by atoms with E-state index in [1.165, 1.54) is 12.8 Å². The van der Waals surface area contributed by atoms with E-state index in [1.54, 1.807) is 23.7 Å². The largest absolute Gasteiger partial charge is 0.334 e. The number of allylic oxidation sites excluding steroid dienone is 1. The fourth-order valence-corrected chi connectivity index (χ4v) is 8.86. The Bertz CT molecular complexity index is 3330. The van der Waals surface area contributed by atoms with E-state index in [4.69, 9.17) is 4.84 Å². The van der Waals surface area contributed by atoms with E-state index in [0.29, 0.717) is 83.8 Å². The van der Waals surface area contributed by atoms with Crippen LogP contribution >= 0.6 is 0 Å². The molecule has 0 atom stereocenters. The van der Waals surface area contributed by atoms with Crippen molar-refractivity contribution < 1.29 is 28.8 Å². The number of hydrogen-bond acceptors (Lipinski definition) is 12. The number of hydroxylamine groups is 2. The number of nitrogens with zero attached hydrogens (tertiary/aromatic N) is 11. The Morgan fingerprint density at radius 1 is 0.600 bits per heavy atom. The van der Waals surface area contributed by atoms with Crippen LogP contribution in [0.2, 0.25) is 0 Å². The lowest BCUT2D eigenvalue weighted by molar-refractivity contribution is -0.186. The summed E-state index contributed by atoms with van der Waals surface area (Å²) in [6.07, 6.45) is 17.2. The maximum Gasteiger partial charge on any atom is 0.333 e. The van der Waals surface area contributed by atoms with Crippen LogP contribution in [0.1, 0.15) is 127 Å². The van der Waals surface area contributed by atoms with Crippen LogP contribution in [0, 0.1) is 27.7 Å². The average molecular weight is 1010 g/mol. The van der Waals surface area contributed by atoms with E-state index in [0.717, 1.165) is 76.9 Å². The number of unbranched alkanes of at least 4 members (excludes halogenated alkanes) is 6. The highest BCUT2D eigenvalue weighted by atomic mass is 16.7. The maximum atomic E-state index is 12.9. The third kappa shape index (κ3) is 13.7. The van der Waals surface area contributed by atoms with E-state index in [-0.39, 0.29) is 29.9 Å². The van der Waals surface area contributed by atoms with Gasteiger partial charge in [0, 0.05) is 90.0 Å². The van der Waals surface area contributed by atoms with E-state index in [2.05, 4.69) is 47.8 Å². The Kier molecular flexibility index (Phi) is 17.2. The molecule has 9 rings (SSSR count). The van der Waals surface area contributed by atoms with E-state index >= 15 is 0 Å². The fourth-order valence-electron chi connectivity index (χ4n) is 8.86. The number of benzene rings is 2. The molecule has 75 heavy (non-hydrogen) atoms. The van der Waals surface area contributed by atoms with Gasteiger partial charge in [0.05, 0.1) is 29.2 Å². The quantitative estimate of drug-likeness (QED) is 0.0643. The molecular weight excluding hydrogens is 951 g/mol. The van der Waals surface area contributed by atoms with Crippen LogP contribution in [0.25, 0.3) is 33.8 Å². The number of carbonyl (C=O) groups is 5. The summed E-state index contributed by atoms with van der Waals surface area (Å²) in [6.45, 7) is 14.6. The van der Waals surface area contributed by atoms with Crippen molar-refractivity contribution in [3.8, 4) is 22.5 Å². The van der Waals surface area contributed by atoms with E-state index in [1.807, 2.05) is 127 Å². The minimum absolute atomic E-state index is 0.187. The van der Waals surface area contributed by atoms with Crippen LogP contribution in [0.15, 0.2) is 110 Å². The second-order valence-corrected chi connectivity index (χ2v) is 19.0. The van der Waals surface area contributed by atoms with Gasteiger partial charge in [-0.05, 0) is 115 Å². The molecule has 0 radical (unpaired) electrons. The number of carbonyl (C=O) groups excluding carboxylic acids is 5. The van der Waals surface area contributed by atoms with Crippen LogP contribution in [0.5, 0.6) is 0 Å². The van der Waals surface area contributed by atoms with Gasteiger partial charge >= 0.3 is 5.97 Å². The Morgan fingerprint density at radius 3 is 1.52 bits per heavy atom. The van der Waals surface area contributed by atoms with Gasteiger partial charge in [-0.2, -0.15) is 0 Å². The third-order valence-electron chi connectivity index (χ3n) is 12.8. The number of rotatable bonds is 21. The number of ketones is 1. The van der Waals surface area contributed by atoms with E-state index < -0.39 is 5.97 Å². The van der Waals surface area contributed by atoms with Crippen molar-refractivity contribution in [2.75, 3.05) is 10.6 Å². The Morgan fingerprint density at radius 2 is 1.05 bits per heavy atom. The number of aromatic nitrogens is 10. The van der Waals surface area contributed by atoms with Gasteiger partial charge in [0.15, 0.2) is 0 Å². The molecule has 2 aromatic carbocycles. The standard InChI is InChI=1S/C28H29N7O4.C28H34N6O2/c1-18-16-20(3)34-15-13-23(27(34)29-18)28(38)30-22-10-8-21(9-11-22)24-17-33(32-31-24)14-5-4-6-26(37)39-35-19(2)7-12-25(35)36;1-20-18-21(2)34-17-15-25(27(34)29-20)28(36)30-24-13-11-23(12-14-24)26-19-33(32-31-26)16-9-7-5-4-6-8-10-22(3)35/h8-11,13,15-17H,2,4-7,12,14H2,1,3H3,(H,30,38);11-15,17-19H,4-10,16H2,1-3H3,(H,30,36). The van der Waals surface area contributed by atoms with Crippen molar-refractivity contribution in [1.29, 1.82) is 0 Å². The highest BCUT2D eigenvalue weighted by Crippen LogP contribution is 2.25. The number of fused-ring (bicyclic) bond motifs is 2. The van der Waals surface area contributed by atoms with Crippen LogP contribution < -0.4 is 10.6 Å². The molecular formula is C56H63N13O6. The Balaban J connectivity index is 0.000000200. The normalized spacial score (nSPS) is 12.3. The SMILES string of the molecule is C=C1CCC(=O)N1OC(=O)CCCCn1cc(-c2ccc(NC(=O)c3ccn4c(C)cc(C)nc34)cc2)nn1.CC(=O)CCCCCCCCn1cc(-c2ccc(NC(=O)c3ccn4c(C)cc(C)nc34)cc2)nn1. The first-order valence-electron chi connectivity index (χ1n) is 25.4. The van der Waals surface area contributed by atoms with Crippen LogP contribution in [0.4, 0.5) is 11.4 Å². The molecule has 2 N–H and O–H groups in total. The van der Waals surface area contributed by atoms with Crippen molar-refractivity contribution in [2.24, 2.45) is 0 Å². The second kappa shape index (κ2) is 24.4. The van der Waals surface area contributed by atoms with Gasteiger partial charge in [-0.25, -0.2) is 14.8 Å².